The summed E-state index contributed by atoms with van der Waals surface area (Å²) in [5.74, 6) is -0.260. The molecule has 0 bridgehead atoms. The number of rotatable bonds is 2. The van der Waals surface area contributed by atoms with Crippen molar-refractivity contribution in [1.82, 2.24) is 0 Å². The average molecular weight is 419 g/mol. The van der Waals surface area contributed by atoms with Gasteiger partial charge in [0.25, 0.3) is 0 Å². The second-order valence-corrected chi connectivity index (χ2v) is 11.9. The van der Waals surface area contributed by atoms with Gasteiger partial charge < -0.3 is 4.74 Å². The number of benzene rings is 2. The lowest BCUT2D eigenvalue weighted by atomic mass is 9.81. The summed E-state index contributed by atoms with van der Waals surface area (Å²) in [5, 5.41) is 0. The first-order chi connectivity index (χ1) is 14.1. The highest BCUT2D eigenvalue weighted by atomic mass is 16.5. The van der Waals surface area contributed by atoms with Gasteiger partial charge in [-0.25, -0.2) is 4.79 Å². The maximum absolute atomic E-state index is 12.7. The van der Waals surface area contributed by atoms with Gasteiger partial charge >= 0.3 is 5.97 Å². The topological polar surface area (TPSA) is 26.3 Å². The molecule has 0 saturated carbocycles. The van der Waals surface area contributed by atoms with E-state index in [9.17, 15) is 4.79 Å². The Morgan fingerprint density at radius 1 is 0.839 bits per heavy atom. The van der Waals surface area contributed by atoms with Crippen LogP contribution in [0.25, 0.3) is 17.2 Å². The van der Waals surface area contributed by atoms with Crippen LogP contribution in [0, 0.1) is 5.41 Å². The lowest BCUT2D eigenvalue weighted by Crippen LogP contribution is -2.19. The van der Waals surface area contributed by atoms with Gasteiger partial charge in [0.15, 0.2) is 0 Å². The van der Waals surface area contributed by atoms with Crippen LogP contribution in [-0.4, -0.2) is 13.1 Å². The maximum atomic E-state index is 12.7. The lowest BCUT2D eigenvalue weighted by molar-refractivity contribution is -0.137. The van der Waals surface area contributed by atoms with E-state index in [1.165, 1.54) is 40.5 Å². The highest BCUT2D eigenvalue weighted by Gasteiger charge is 2.29. The number of carbonyl (C=O) groups is 1. The number of fused-ring (bicyclic) bond motifs is 3. The molecule has 2 aromatic carbocycles. The van der Waals surface area contributed by atoms with Crippen molar-refractivity contribution in [3.8, 4) is 11.1 Å². The van der Waals surface area contributed by atoms with Crippen LogP contribution in [0.4, 0.5) is 0 Å². The number of ether oxygens (including phenoxy) is 1. The molecular formula is C29H38O2. The lowest BCUT2D eigenvalue weighted by Gasteiger charge is -2.24. The minimum atomic E-state index is -0.310. The second kappa shape index (κ2) is 7.65. The average Bonchev–Trinajstić information content (AvgIpc) is 3.00. The van der Waals surface area contributed by atoms with Crippen molar-refractivity contribution >= 4 is 12.0 Å². The van der Waals surface area contributed by atoms with Gasteiger partial charge in [0.2, 0.25) is 0 Å². The molecule has 1 aliphatic carbocycles. The van der Waals surface area contributed by atoms with E-state index in [1.54, 1.807) is 0 Å². The monoisotopic (exact) mass is 418 g/mol. The van der Waals surface area contributed by atoms with Crippen LogP contribution < -0.4 is 0 Å². The first kappa shape index (κ1) is 23.3. The van der Waals surface area contributed by atoms with Gasteiger partial charge in [-0.1, -0.05) is 92.6 Å². The van der Waals surface area contributed by atoms with Crippen molar-refractivity contribution in [3.05, 3.63) is 63.7 Å². The molecule has 0 radical (unpaired) electrons. The Labute approximate surface area is 188 Å². The number of hydrogen-bond donors (Lipinski definition) is 0. The standard InChI is InChI=1S/C29H38O2/c1-27(2,3)21-11-12-23-18(14-21)13-19-15-22(28(4,5)6)16-20(25(19)23)17-24(26(30)31-10)29(7,8)9/h11-12,14-17H,13H2,1-10H3. The van der Waals surface area contributed by atoms with E-state index >= 15 is 0 Å². The Bertz CT molecular complexity index is 1050. The highest BCUT2D eigenvalue weighted by molar-refractivity contribution is 5.97. The molecule has 0 aliphatic heterocycles. The van der Waals surface area contributed by atoms with Crippen molar-refractivity contribution in [2.24, 2.45) is 5.41 Å². The summed E-state index contributed by atoms with van der Waals surface area (Å²) in [6, 6.07) is 11.5. The van der Waals surface area contributed by atoms with Crippen LogP contribution in [0.1, 0.15) is 90.1 Å². The molecular weight excluding hydrogens is 380 g/mol. The quantitative estimate of drug-likeness (QED) is 0.319. The van der Waals surface area contributed by atoms with Crippen molar-refractivity contribution in [2.75, 3.05) is 7.11 Å². The number of methoxy groups -OCH3 is 1. The number of carbonyl (C=O) groups excluding carboxylic acids is 1. The smallest absolute Gasteiger partial charge is 0.334 e. The summed E-state index contributed by atoms with van der Waals surface area (Å²) in [4.78, 5) is 12.7. The number of hydrogen-bond acceptors (Lipinski definition) is 2. The molecule has 0 saturated heterocycles. The van der Waals surface area contributed by atoms with Crippen LogP contribution in [-0.2, 0) is 26.8 Å². The molecule has 1 aliphatic rings. The van der Waals surface area contributed by atoms with Crippen LogP contribution in [0.3, 0.4) is 0 Å². The molecule has 0 aromatic heterocycles. The zero-order valence-electron chi connectivity index (χ0n) is 21.0. The molecule has 2 nitrogen and oxygen atoms in total. The summed E-state index contributed by atoms with van der Waals surface area (Å²) in [7, 11) is 1.46. The minimum Gasteiger partial charge on any atom is -0.466 e. The Hall–Kier alpha value is -2.35. The van der Waals surface area contributed by atoms with Crippen LogP contribution >= 0.6 is 0 Å². The molecule has 0 N–H and O–H groups in total. The molecule has 0 unspecified atom stereocenters. The third kappa shape index (κ3) is 4.63. The predicted octanol–water partition coefficient (Wildman–Crippen LogP) is 7.46. The minimum absolute atomic E-state index is 0.0239. The molecule has 0 amide bonds. The van der Waals surface area contributed by atoms with E-state index in [4.69, 9.17) is 4.74 Å². The zero-order chi connectivity index (χ0) is 23.4. The highest BCUT2D eigenvalue weighted by Crippen LogP contribution is 2.44. The summed E-state index contributed by atoms with van der Waals surface area (Å²) in [5.41, 5.74) is 9.55. The summed E-state index contributed by atoms with van der Waals surface area (Å²) >= 11 is 0. The molecule has 0 atom stereocenters. The Kier molecular flexibility index (Phi) is 5.76. The van der Waals surface area contributed by atoms with Gasteiger partial charge in [-0.2, -0.15) is 0 Å². The van der Waals surface area contributed by atoms with E-state index in [1.807, 2.05) is 0 Å². The third-order valence-electron chi connectivity index (χ3n) is 6.25. The van der Waals surface area contributed by atoms with Gasteiger partial charge in [0, 0.05) is 5.57 Å². The SMILES string of the molecule is COC(=O)C(=Cc1cc(C(C)(C)C)cc2c1-c1ccc(C(C)(C)C)cc1C2)C(C)(C)C. The largest absolute Gasteiger partial charge is 0.466 e. The van der Waals surface area contributed by atoms with Crippen molar-refractivity contribution in [3.63, 3.8) is 0 Å². The van der Waals surface area contributed by atoms with Crippen molar-refractivity contribution in [1.29, 1.82) is 0 Å². The fourth-order valence-electron chi connectivity index (χ4n) is 4.24. The second-order valence-electron chi connectivity index (χ2n) is 11.9. The van der Waals surface area contributed by atoms with Gasteiger partial charge in [-0.05, 0) is 67.7 Å². The van der Waals surface area contributed by atoms with E-state index in [2.05, 4.69) is 98.7 Å². The first-order valence-electron chi connectivity index (χ1n) is 11.2. The summed E-state index contributed by atoms with van der Waals surface area (Å²) in [6.07, 6.45) is 3.00. The molecule has 0 spiro atoms. The molecule has 0 fully saturated rings. The Morgan fingerprint density at radius 3 is 1.94 bits per heavy atom. The summed E-state index contributed by atoms with van der Waals surface area (Å²) in [6.45, 7) is 19.7. The molecule has 166 valence electrons. The fourth-order valence-corrected chi connectivity index (χ4v) is 4.24. The third-order valence-corrected chi connectivity index (χ3v) is 6.25. The summed E-state index contributed by atoms with van der Waals surface area (Å²) < 4.78 is 5.14. The first-order valence-corrected chi connectivity index (χ1v) is 11.2. The maximum Gasteiger partial charge on any atom is 0.334 e. The molecule has 3 rings (SSSR count). The number of esters is 1. The van der Waals surface area contributed by atoms with Crippen LogP contribution in [0.15, 0.2) is 35.9 Å². The Balaban J connectivity index is 2.30. The predicted molar refractivity (Wildman–Crippen MR) is 132 cm³/mol. The van der Waals surface area contributed by atoms with E-state index < -0.39 is 0 Å². The fraction of sp³-hybridized carbons (Fsp3) is 0.483. The molecule has 2 heteroatoms. The van der Waals surface area contributed by atoms with E-state index in [-0.39, 0.29) is 22.2 Å². The van der Waals surface area contributed by atoms with Crippen LogP contribution in [0.5, 0.6) is 0 Å². The van der Waals surface area contributed by atoms with Gasteiger partial charge in [0.05, 0.1) is 7.11 Å². The van der Waals surface area contributed by atoms with Crippen molar-refractivity contribution < 1.29 is 9.53 Å². The van der Waals surface area contributed by atoms with E-state index in [0.717, 1.165) is 12.0 Å². The zero-order valence-corrected chi connectivity index (χ0v) is 21.0. The van der Waals surface area contributed by atoms with E-state index in [0.29, 0.717) is 5.57 Å². The Morgan fingerprint density at radius 2 is 1.42 bits per heavy atom. The van der Waals surface area contributed by atoms with Gasteiger partial charge in [-0.3, -0.25) is 0 Å². The molecule has 0 heterocycles. The molecule has 2 aromatic rings. The van der Waals surface area contributed by atoms with Crippen molar-refractivity contribution in [2.45, 2.75) is 79.6 Å². The van der Waals surface area contributed by atoms with Gasteiger partial charge in [-0.15, -0.1) is 0 Å². The van der Waals surface area contributed by atoms with Crippen LogP contribution in [0.2, 0.25) is 0 Å². The van der Waals surface area contributed by atoms with Gasteiger partial charge in [0.1, 0.15) is 0 Å². The molecule has 31 heavy (non-hydrogen) atoms. The normalized spacial score (nSPS) is 14.3.